The summed E-state index contributed by atoms with van der Waals surface area (Å²) in [5.41, 5.74) is 4.54. The summed E-state index contributed by atoms with van der Waals surface area (Å²) in [5.74, 6) is 2.32. The second-order valence-corrected chi connectivity index (χ2v) is 10.8. The van der Waals surface area contributed by atoms with Crippen LogP contribution in [-0.2, 0) is 7.05 Å². The predicted molar refractivity (Wildman–Crippen MR) is 159 cm³/mol. The normalized spacial score (nSPS) is 15.8. The van der Waals surface area contributed by atoms with Crippen LogP contribution in [0, 0.1) is 12.8 Å². The lowest BCUT2D eigenvalue weighted by Gasteiger charge is -2.19. The minimum atomic E-state index is -0.181. The SMILES string of the molecule is COc1cc(-c2csc(=Nc3c(C)n(C)n(-c4ccccc4)c3=O)n2N=C2CCC(C)CC2)cc(OC)c1OC. The molecule has 0 aliphatic heterocycles. The van der Waals surface area contributed by atoms with Crippen molar-refractivity contribution < 1.29 is 14.2 Å². The van der Waals surface area contributed by atoms with Crippen LogP contribution in [0.3, 0.4) is 0 Å². The van der Waals surface area contributed by atoms with Gasteiger partial charge < -0.3 is 14.2 Å². The smallest absolute Gasteiger partial charge is 0.297 e. The van der Waals surface area contributed by atoms with Gasteiger partial charge in [-0.1, -0.05) is 25.1 Å². The van der Waals surface area contributed by atoms with E-state index < -0.39 is 0 Å². The second-order valence-electron chi connectivity index (χ2n) is 10.0. The number of methoxy groups -OCH3 is 3. The van der Waals surface area contributed by atoms with Crippen molar-refractivity contribution in [2.75, 3.05) is 21.3 Å². The molecule has 0 amide bonds. The van der Waals surface area contributed by atoms with Crippen LogP contribution >= 0.6 is 11.3 Å². The van der Waals surface area contributed by atoms with Crippen LogP contribution in [0.4, 0.5) is 5.69 Å². The number of para-hydroxylation sites is 1. The summed E-state index contributed by atoms with van der Waals surface area (Å²) in [5, 5.41) is 7.11. The fraction of sp³-hybridized carbons (Fsp3) is 0.367. The molecule has 0 radical (unpaired) electrons. The zero-order valence-corrected chi connectivity index (χ0v) is 24.6. The lowest BCUT2D eigenvalue weighted by molar-refractivity contribution is 0.324. The van der Waals surface area contributed by atoms with Gasteiger partial charge in [-0.3, -0.25) is 9.48 Å². The van der Waals surface area contributed by atoms with Crippen LogP contribution in [0.25, 0.3) is 16.9 Å². The van der Waals surface area contributed by atoms with Crippen molar-refractivity contribution in [1.82, 2.24) is 14.0 Å². The number of hydrogen-bond donors (Lipinski definition) is 0. The van der Waals surface area contributed by atoms with E-state index in [1.54, 1.807) is 26.0 Å². The van der Waals surface area contributed by atoms with Gasteiger partial charge in [0.05, 0.1) is 38.4 Å². The molecule has 40 heavy (non-hydrogen) atoms. The summed E-state index contributed by atoms with van der Waals surface area (Å²) in [6.45, 7) is 4.19. The lowest BCUT2D eigenvalue weighted by atomic mass is 9.90. The highest BCUT2D eigenvalue weighted by atomic mass is 32.1. The van der Waals surface area contributed by atoms with Gasteiger partial charge in [0.2, 0.25) is 10.6 Å². The average molecular weight is 562 g/mol. The number of nitrogens with zero attached hydrogens (tertiary/aromatic N) is 5. The van der Waals surface area contributed by atoms with E-state index in [-0.39, 0.29) is 5.56 Å². The van der Waals surface area contributed by atoms with E-state index in [4.69, 9.17) is 24.3 Å². The minimum absolute atomic E-state index is 0.181. The number of ether oxygens (including phenoxy) is 3. The molecule has 1 saturated carbocycles. The van der Waals surface area contributed by atoms with E-state index in [1.165, 1.54) is 11.3 Å². The Balaban J connectivity index is 1.72. The van der Waals surface area contributed by atoms with Gasteiger partial charge in [0, 0.05) is 23.7 Å². The van der Waals surface area contributed by atoms with Crippen molar-refractivity contribution in [2.45, 2.75) is 39.5 Å². The monoisotopic (exact) mass is 561 g/mol. The summed E-state index contributed by atoms with van der Waals surface area (Å²) in [6, 6.07) is 13.4. The van der Waals surface area contributed by atoms with E-state index >= 15 is 0 Å². The number of rotatable bonds is 7. The van der Waals surface area contributed by atoms with Gasteiger partial charge in [-0.2, -0.15) is 5.10 Å². The fourth-order valence-electron chi connectivity index (χ4n) is 5.02. The first-order chi connectivity index (χ1) is 19.4. The van der Waals surface area contributed by atoms with Gasteiger partial charge in [-0.25, -0.2) is 14.4 Å². The maximum atomic E-state index is 13.6. The van der Waals surface area contributed by atoms with E-state index in [2.05, 4.69) is 6.92 Å². The number of aromatic nitrogens is 3. The number of thiazole rings is 1. The highest BCUT2D eigenvalue weighted by molar-refractivity contribution is 7.07. The molecule has 0 bridgehead atoms. The zero-order chi connectivity index (χ0) is 28.4. The van der Waals surface area contributed by atoms with Crippen molar-refractivity contribution in [3.63, 3.8) is 0 Å². The predicted octanol–water partition coefficient (Wildman–Crippen LogP) is 5.69. The Labute approximate surface area is 237 Å². The first-order valence-corrected chi connectivity index (χ1v) is 14.2. The van der Waals surface area contributed by atoms with E-state index in [0.717, 1.165) is 54.0 Å². The maximum Gasteiger partial charge on any atom is 0.297 e. The molecule has 0 N–H and O–H groups in total. The second kappa shape index (κ2) is 11.6. The molecule has 0 unspecified atom stereocenters. The van der Waals surface area contributed by atoms with Gasteiger partial charge in [0.1, 0.15) is 0 Å². The van der Waals surface area contributed by atoms with Crippen molar-refractivity contribution in [1.29, 1.82) is 0 Å². The van der Waals surface area contributed by atoms with Crippen LogP contribution in [0.15, 0.2) is 62.7 Å². The largest absolute Gasteiger partial charge is 0.493 e. The van der Waals surface area contributed by atoms with Gasteiger partial charge in [0.15, 0.2) is 17.2 Å². The fourth-order valence-corrected chi connectivity index (χ4v) is 5.85. The topological polar surface area (TPSA) is 84.3 Å². The molecule has 5 rings (SSSR count). The molecule has 2 aromatic heterocycles. The Hall–Kier alpha value is -4.05. The molecule has 2 aromatic carbocycles. The van der Waals surface area contributed by atoms with Crippen molar-refractivity contribution in [3.8, 4) is 34.2 Å². The van der Waals surface area contributed by atoms with Crippen LogP contribution in [0.5, 0.6) is 17.2 Å². The molecular formula is C30H35N5O4S. The van der Waals surface area contributed by atoms with E-state index in [0.29, 0.717) is 33.7 Å². The summed E-state index contributed by atoms with van der Waals surface area (Å²) < 4.78 is 22.1. The number of benzene rings is 2. The Bertz CT molecular complexity index is 1640. The molecule has 10 heteroatoms. The summed E-state index contributed by atoms with van der Waals surface area (Å²) in [7, 11) is 6.66. The minimum Gasteiger partial charge on any atom is -0.493 e. The molecule has 1 fully saturated rings. The molecule has 1 aliphatic rings. The third-order valence-corrected chi connectivity index (χ3v) is 8.29. The average Bonchev–Trinajstić information content (AvgIpc) is 3.46. The van der Waals surface area contributed by atoms with Crippen molar-refractivity contribution >= 4 is 22.7 Å². The molecule has 2 heterocycles. The first-order valence-electron chi connectivity index (χ1n) is 13.3. The molecule has 1 aliphatic carbocycles. The van der Waals surface area contributed by atoms with Gasteiger partial charge in [0.25, 0.3) is 5.56 Å². The Morgan fingerprint density at radius 3 is 2.23 bits per heavy atom. The quantitative estimate of drug-likeness (QED) is 0.290. The molecular weight excluding hydrogens is 526 g/mol. The highest BCUT2D eigenvalue weighted by Crippen LogP contribution is 2.41. The maximum absolute atomic E-state index is 13.6. The van der Waals surface area contributed by atoms with Crippen molar-refractivity contribution in [3.05, 3.63) is 68.7 Å². The highest BCUT2D eigenvalue weighted by Gasteiger charge is 2.20. The molecule has 210 valence electrons. The van der Waals surface area contributed by atoms with Crippen LogP contribution in [0.2, 0.25) is 0 Å². The summed E-state index contributed by atoms with van der Waals surface area (Å²) in [6.07, 6.45) is 4.08. The van der Waals surface area contributed by atoms with Gasteiger partial charge in [-0.15, -0.1) is 11.3 Å². The van der Waals surface area contributed by atoms with Crippen LogP contribution in [-0.4, -0.2) is 41.1 Å². The summed E-state index contributed by atoms with van der Waals surface area (Å²) in [4.78, 5) is 19.2. The van der Waals surface area contributed by atoms with Crippen molar-refractivity contribution in [2.24, 2.45) is 23.1 Å². The Morgan fingerprint density at radius 2 is 1.62 bits per heavy atom. The van der Waals surface area contributed by atoms with Gasteiger partial charge in [-0.05, 0) is 62.8 Å². The molecule has 9 nitrogen and oxygen atoms in total. The van der Waals surface area contributed by atoms with Crippen LogP contribution < -0.4 is 24.6 Å². The molecule has 0 saturated heterocycles. The van der Waals surface area contributed by atoms with E-state index in [1.807, 2.05) is 71.2 Å². The van der Waals surface area contributed by atoms with Crippen LogP contribution in [0.1, 0.15) is 38.3 Å². The number of hydrogen-bond acceptors (Lipinski definition) is 7. The molecule has 4 aromatic rings. The zero-order valence-electron chi connectivity index (χ0n) is 23.8. The third-order valence-electron chi connectivity index (χ3n) is 7.47. The molecule has 0 atom stereocenters. The van der Waals surface area contributed by atoms with E-state index in [9.17, 15) is 4.79 Å². The summed E-state index contributed by atoms with van der Waals surface area (Å²) >= 11 is 1.44. The third kappa shape index (κ3) is 5.11. The first kappa shape index (κ1) is 27.5. The van der Waals surface area contributed by atoms with Gasteiger partial charge >= 0.3 is 0 Å². The lowest BCUT2D eigenvalue weighted by Crippen LogP contribution is -2.20. The Morgan fingerprint density at radius 1 is 0.975 bits per heavy atom. The standard InChI is InChI=1S/C30H35N5O4S/c1-19-12-14-22(15-13-19)32-34-24(21-16-25(37-4)28(39-6)26(17-21)38-5)18-40-30(34)31-27-20(2)33(3)35(29(27)36)23-10-8-7-9-11-23/h7-11,16-19H,12-15H2,1-6H3. The Kier molecular flexibility index (Phi) is 7.97. The molecule has 0 spiro atoms.